The van der Waals surface area contributed by atoms with Crippen LogP contribution in [-0.2, 0) is 0 Å². The van der Waals surface area contributed by atoms with Crippen molar-refractivity contribution in [1.82, 2.24) is 15.0 Å². The minimum Gasteiger partial charge on any atom is -0.431 e. The molecule has 5 nitrogen and oxygen atoms in total. The average Bonchev–Trinajstić information content (AvgIpc) is 2.58. The van der Waals surface area contributed by atoms with E-state index in [0.717, 1.165) is 6.20 Å². The molecule has 0 radical (unpaired) electrons. The molecule has 0 aliphatic carbocycles. The van der Waals surface area contributed by atoms with Crippen molar-refractivity contribution in [3.05, 3.63) is 22.9 Å². The molecule has 0 bridgehead atoms. The Morgan fingerprint density at radius 2 is 2.21 bits per heavy atom. The van der Waals surface area contributed by atoms with Gasteiger partial charge in [-0.25, -0.2) is 4.98 Å². The lowest BCUT2D eigenvalue weighted by molar-refractivity contribution is -0.0491. The summed E-state index contributed by atoms with van der Waals surface area (Å²) < 4.78 is 28.0. The van der Waals surface area contributed by atoms with Crippen LogP contribution in [0.4, 0.5) is 8.78 Å². The van der Waals surface area contributed by atoms with Crippen molar-refractivity contribution in [2.75, 3.05) is 0 Å². The summed E-state index contributed by atoms with van der Waals surface area (Å²) in [7, 11) is 0. The van der Waals surface area contributed by atoms with E-state index in [4.69, 9.17) is 0 Å². The maximum atomic E-state index is 11.9. The zero-order valence-corrected chi connectivity index (χ0v) is 6.75. The first-order chi connectivity index (χ1) is 6.68. The van der Waals surface area contributed by atoms with Gasteiger partial charge < -0.3 is 14.7 Å². The van der Waals surface area contributed by atoms with Gasteiger partial charge >= 0.3 is 6.61 Å². The van der Waals surface area contributed by atoms with E-state index >= 15 is 0 Å². The van der Waals surface area contributed by atoms with Crippen LogP contribution in [0.2, 0.25) is 0 Å². The predicted octanol–water partition coefficient (Wildman–Crippen LogP) is 0.853. The molecule has 2 N–H and O–H groups in total. The number of rotatable bonds is 2. The first-order valence-electron chi connectivity index (χ1n) is 3.68. The SMILES string of the molecule is O=c1[nH]cc(OC(F)F)c2[nH]cnc12. The molecule has 2 aromatic rings. The van der Waals surface area contributed by atoms with Crippen LogP contribution >= 0.6 is 0 Å². The number of hydrogen-bond acceptors (Lipinski definition) is 3. The molecule has 7 heteroatoms. The number of imidazole rings is 1. The Balaban J connectivity index is 2.61. The molecule has 0 fully saturated rings. The third-order valence-electron chi connectivity index (χ3n) is 1.65. The fourth-order valence-electron chi connectivity index (χ4n) is 1.11. The first-order valence-corrected chi connectivity index (χ1v) is 3.68. The molecule has 0 spiro atoms. The van der Waals surface area contributed by atoms with E-state index in [1.807, 2.05) is 0 Å². The number of aromatic amines is 2. The summed E-state index contributed by atoms with van der Waals surface area (Å²) >= 11 is 0. The van der Waals surface area contributed by atoms with Gasteiger partial charge in [-0.3, -0.25) is 4.79 Å². The van der Waals surface area contributed by atoms with Gasteiger partial charge in [0.15, 0.2) is 11.3 Å². The second-order valence-electron chi connectivity index (χ2n) is 2.49. The second-order valence-corrected chi connectivity index (χ2v) is 2.49. The van der Waals surface area contributed by atoms with Gasteiger partial charge in [-0.2, -0.15) is 8.78 Å². The lowest BCUT2D eigenvalue weighted by atomic mass is 10.4. The molecule has 0 aromatic carbocycles. The smallest absolute Gasteiger partial charge is 0.387 e. The molecule has 0 atom stereocenters. The Labute approximate surface area is 75.7 Å². The van der Waals surface area contributed by atoms with E-state index in [9.17, 15) is 13.6 Å². The number of nitrogens with one attached hydrogen (secondary N) is 2. The first kappa shape index (κ1) is 8.67. The van der Waals surface area contributed by atoms with Crippen LogP contribution in [0.15, 0.2) is 17.3 Å². The minimum absolute atomic E-state index is 0.0446. The molecule has 0 saturated heterocycles. The third-order valence-corrected chi connectivity index (χ3v) is 1.65. The Kier molecular flexibility index (Phi) is 1.91. The van der Waals surface area contributed by atoms with Crippen LogP contribution in [0, 0.1) is 0 Å². The third kappa shape index (κ3) is 1.32. The zero-order chi connectivity index (χ0) is 10.1. The molecule has 0 aliphatic heterocycles. The topological polar surface area (TPSA) is 70.8 Å². The molecule has 2 heterocycles. The Morgan fingerprint density at radius 1 is 1.43 bits per heavy atom. The van der Waals surface area contributed by atoms with Crippen LogP contribution < -0.4 is 10.3 Å². The van der Waals surface area contributed by atoms with Crippen molar-refractivity contribution < 1.29 is 13.5 Å². The van der Waals surface area contributed by atoms with Gasteiger partial charge in [0.1, 0.15) is 5.52 Å². The quantitative estimate of drug-likeness (QED) is 0.756. The van der Waals surface area contributed by atoms with Crippen molar-refractivity contribution in [2.24, 2.45) is 0 Å². The van der Waals surface area contributed by atoms with Crippen LogP contribution in [0.3, 0.4) is 0 Å². The molecule has 2 aromatic heterocycles. The van der Waals surface area contributed by atoms with Crippen LogP contribution in [-0.4, -0.2) is 21.6 Å². The molecule has 74 valence electrons. The standard InChI is InChI=1S/C7H5F2N3O2/c8-7(9)14-3-1-10-6(13)5-4(3)11-2-12-5/h1-2,7H,(H,10,13)(H,11,12). The summed E-state index contributed by atoms with van der Waals surface area (Å²) in [6.07, 6.45) is 2.30. The molecule has 14 heavy (non-hydrogen) atoms. The van der Waals surface area contributed by atoms with E-state index in [-0.39, 0.29) is 16.8 Å². The van der Waals surface area contributed by atoms with Crippen molar-refractivity contribution in [3.8, 4) is 5.75 Å². The van der Waals surface area contributed by atoms with E-state index < -0.39 is 12.2 Å². The predicted molar refractivity (Wildman–Crippen MR) is 43.3 cm³/mol. The van der Waals surface area contributed by atoms with E-state index in [0.29, 0.717) is 0 Å². The number of hydrogen-bond donors (Lipinski definition) is 2. The summed E-state index contributed by atoms with van der Waals surface area (Å²) in [6.45, 7) is -2.94. The Bertz CT molecular complexity index is 505. The average molecular weight is 201 g/mol. The minimum atomic E-state index is -2.94. The maximum Gasteiger partial charge on any atom is 0.387 e. The van der Waals surface area contributed by atoms with Crippen molar-refractivity contribution in [3.63, 3.8) is 0 Å². The zero-order valence-electron chi connectivity index (χ0n) is 6.75. The summed E-state index contributed by atoms with van der Waals surface area (Å²) in [6, 6.07) is 0. The molecule has 0 aliphatic rings. The van der Waals surface area contributed by atoms with E-state index in [2.05, 4.69) is 19.7 Å². The molecule has 0 amide bonds. The summed E-state index contributed by atoms with van der Waals surface area (Å²) in [5.41, 5.74) is -0.250. The number of fused-ring (bicyclic) bond motifs is 1. The van der Waals surface area contributed by atoms with Gasteiger partial charge in [0.25, 0.3) is 5.56 Å². The highest BCUT2D eigenvalue weighted by atomic mass is 19.3. The van der Waals surface area contributed by atoms with Gasteiger partial charge in [0, 0.05) is 6.20 Å². The highest BCUT2D eigenvalue weighted by molar-refractivity contribution is 5.79. The molecule has 0 saturated carbocycles. The Morgan fingerprint density at radius 3 is 2.93 bits per heavy atom. The lowest BCUT2D eigenvalue weighted by Gasteiger charge is -2.03. The highest BCUT2D eigenvalue weighted by Crippen LogP contribution is 2.19. The number of aromatic nitrogens is 3. The largest absolute Gasteiger partial charge is 0.431 e. The molecule has 2 rings (SSSR count). The van der Waals surface area contributed by atoms with Gasteiger partial charge in [0.2, 0.25) is 0 Å². The summed E-state index contributed by atoms with van der Waals surface area (Å²) in [5, 5.41) is 0. The van der Waals surface area contributed by atoms with Gasteiger partial charge in [0.05, 0.1) is 6.33 Å². The number of alkyl halides is 2. The number of pyridine rings is 1. The second kappa shape index (κ2) is 3.09. The number of ether oxygens (including phenoxy) is 1. The highest BCUT2D eigenvalue weighted by Gasteiger charge is 2.11. The van der Waals surface area contributed by atoms with E-state index in [1.54, 1.807) is 0 Å². The van der Waals surface area contributed by atoms with Gasteiger partial charge in [-0.15, -0.1) is 0 Å². The van der Waals surface area contributed by atoms with Crippen LogP contribution in [0.25, 0.3) is 11.0 Å². The van der Waals surface area contributed by atoms with Gasteiger partial charge in [-0.05, 0) is 0 Å². The fraction of sp³-hybridized carbons (Fsp3) is 0.143. The molecule has 0 unspecified atom stereocenters. The van der Waals surface area contributed by atoms with Gasteiger partial charge in [-0.1, -0.05) is 0 Å². The summed E-state index contributed by atoms with van der Waals surface area (Å²) in [4.78, 5) is 19.5. The number of H-pyrrole nitrogens is 2. The normalized spacial score (nSPS) is 11.1. The number of halogens is 2. The Hall–Kier alpha value is -1.92. The lowest BCUT2D eigenvalue weighted by Crippen LogP contribution is -2.09. The van der Waals surface area contributed by atoms with Crippen molar-refractivity contribution >= 4 is 11.0 Å². The van der Waals surface area contributed by atoms with Crippen molar-refractivity contribution in [2.45, 2.75) is 6.61 Å². The fourth-order valence-corrected chi connectivity index (χ4v) is 1.11. The van der Waals surface area contributed by atoms with Crippen molar-refractivity contribution in [1.29, 1.82) is 0 Å². The van der Waals surface area contributed by atoms with E-state index in [1.165, 1.54) is 6.33 Å². The molecular formula is C7H5F2N3O2. The maximum absolute atomic E-state index is 11.9. The van der Waals surface area contributed by atoms with Crippen LogP contribution in [0.1, 0.15) is 0 Å². The number of nitrogens with zero attached hydrogens (tertiary/aromatic N) is 1. The monoisotopic (exact) mass is 201 g/mol. The summed E-state index contributed by atoms with van der Waals surface area (Å²) in [5.74, 6) is -0.132. The molecular weight excluding hydrogens is 196 g/mol. The van der Waals surface area contributed by atoms with Crippen LogP contribution in [0.5, 0.6) is 5.75 Å².